The third-order valence-electron chi connectivity index (χ3n) is 4.52. The first-order valence-corrected chi connectivity index (χ1v) is 10.0. The molecular weight excluding hydrogens is 387 g/mol. The quantitative estimate of drug-likeness (QED) is 0.817. The number of sulfone groups is 1. The van der Waals surface area contributed by atoms with Crippen LogP contribution >= 0.6 is 11.6 Å². The van der Waals surface area contributed by atoms with Crippen LogP contribution in [-0.2, 0) is 16.0 Å². The summed E-state index contributed by atoms with van der Waals surface area (Å²) in [5.74, 6) is 0. The fourth-order valence-electron chi connectivity index (χ4n) is 3.16. The zero-order valence-electron chi connectivity index (χ0n) is 13.7. The molecule has 3 nitrogen and oxygen atoms in total. The summed E-state index contributed by atoms with van der Waals surface area (Å²) in [5, 5.41) is 2.60. The van der Waals surface area contributed by atoms with E-state index in [0.717, 1.165) is 6.07 Å². The lowest BCUT2D eigenvalue weighted by Crippen LogP contribution is -2.35. The highest BCUT2D eigenvalue weighted by atomic mass is 35.5. The highest BCUT2D eigenvalue weighted by Gasteiger charge is 2.35. The molecule has 0 aliphatic carbocycles. The first kappa shape index (κ1) is 19.2. The van der Waals surface area contributed by atoms with Crippen molar-refractivity contribution in [3.63, 3.8) is 0 Å². The Bertz CT molecular complexity index is 890. The molecule has 1 aliphatic rings. The fourth-order valence-corrected chi connectivity index (χ4v) is 5.20. The number of piperidine rings is 1. The van der Waals surface area contributed by atoms with Gasteiger partial charge in [-0.15, -0.1) is 0 Å². The van der Waals surface area contributed by atoms with E-state index >= 15 is 0 Å². The summed E-state index contributed by atoms with van der Waals surface area (Å²) in [6.45, 7) is 1.27. The van der Waals surface area contributed by atoms with Gasteiger partial charge in [-0.1, -0.05) is 29.8 Å². The van der Waals surface area contributed by atoms with Gasteiger partial charge in [-0.2, -0.15) is 13.2 Å². The molecule has 0 radical (unpaired) electrons. The highest BCUT2D eigenvalue weighted by molar-refractivity contribution is 7.92. The average molecular weight is 404 g/mol. The van der Waals surface area contributed by atoms with Gasteiger partial charge in [0.05, 0.1) is 15.7 Å². The second kappa shape index (κ2) is 7.21. The molecule has 1 fully saturated rings. The van der Waals surface area contributed by atoms with Crippen molar-refractivity contribution >= 4 is 21.4 Å². The molecule has 0 unspecified atom stereocenters. The molecule has 0 amide bonds. The van der Waals surface area contributed by atoms with Crippen LogP contribution < -0.4 is 5.32 Å². The van der Waals surface area contributed by atoms with E-state index < -0.39 is 26.8 Å². The third-order valence-corrected chi connectivity index (χ3v) is 7.11. The molecular formula is C18H17ClF3NO2S. The third kappa shape index (κ3) is 3.75. The Kier molecular flexibility index (Phi) is 5.33. The van der Waals surface area contributed by atoms with Crippen LogP contribution in [0.15, 0.2) is 47.4 Å². The minimum atomic E-state index is -4.56. The molecule has 0 spiro atoms. The number of alkyl halides is 3. The summed E-state index contributed by atoms with van der Waals surface area (Å²) in [6.07, 6.45) is -3.51. The molecule has 140 valence electrons. The predicted molar refractivity (Wildman–Crippen MR) is 95.0 cm³/mol. The predicted octanol–water partition coefficient (Wildman–Crippen LogP) is 4.55. The zero-order chi connectivity index (χ0) is 18.9. The normalized spacial score (nSPS) is 16.6. The Hall–Kier alpha value is -1.57. The topological polar surface area (TPSA) is 46.2 Å². The van der Waals surface area contributed by atoms with Gasteiger partial charge in [0.25, 0.3) is 0 Å². The van der Waals surface area contributed by atoms with Gasteiger partial charge in [0, 0.05) is 10.6 Å². The maximum atomic E-state index is 13.3. The van der Waals surface area contributed by atoms with Crippen LogP contribution in [-0.4, -0.2) is 26.8 Å². The molecule has 1 aliphatic heterocycles. The van der Waals surface area contributed by atoms with E-state index in [2.05, 4.69) is 5.32 Å². The largest absolute Gasteiger partial charge is 0.417 e. The maximum Gasteiger partial charge on any atom is 0.417 e. The molecule has 1 N–H and O–H groups in total. The van der Waals surface area contributed by atoms with Gasteiger partial charge in [-0.3, -0.25) is 0 Å². The number of hydrogen-bond donors (Lipinski definition) is 1. The van der Waals surface area contributed by atoms with Crippen molar-refractivity contribution in [2.45, 2.75) is 29.2 Å². The van der Waals surface area contributed by atoms with Gasteiger partial charge in [-0.25, -0.2) is 8.42 Å². The van der Waals surface area contributed by atoms with Crippen LogP contribution in [0.2, 0.25) is 5.02 Å². The van der Waals surface area contributed by atoms with Crippen LogP contribution in [0.5, 0.6) is 0 Å². The number of rotatable bonds is 3. The van der Waals surface area contributed by atoms with E-state index in [4.69, 9.17) is 11.6 Å². The lowest BCUT2D eigenvalue weighted by Gasteiger charge is -2.23. The van der Waals surface area contributed by atoms with Gasteiger partial charge in [-0.05, 0) is 55.8 Å². The molecule has 0 aromatic heterocycles. The fraction of sp³-hybridized carbons (Fsp3) is 0.333. The monoisotopic (exact) mass is 403 g/mol. The molecule has 0 saturated carbocycles. The van der Waals surface area contributed by atoms with Gasteiger partial charge in [0.15, 0.2) is 9.84 Å². The SMILES string of the molecule is O=S(=O)(c1ccc(-c2c(Cl)cccc2C(F)(F)F)cc1)C1CCNCC1. The summed E-state index contributed by atoms with van der Waals surface area (Å²) in [7, 11) is -3.50. The number of nitrogens with one attached hydrogen (secondary N) is 1. The number of benzene rings is 2. The highest BCUT2D eigenvalue weighted by Crippen LogP contribution is 2.41. The van der Waals surface area contributed by atoms with Crippen molar-refractivity contribution in [1.29, 1.82) is 0 Å². The smallest absolute Gasteiger partial charge is 0.317 e. The minimum Gasteiger partial charge on any atom is -0.317 e. The lowest BCUT2D eigenvalue weighted by atomic mass is 9.99. The van der Waals surface area contributed by atoms with Crippen LogP contribution in [0.4, 0.5) is 13.2 Å². The molecule has 2 aromatic rings. The van der Waals surface area contributed by atoms with E-state index in [-0.39, 0.29) is 21.0 Å². The van der Waals surface area contributed by atoms with Crippen molar-refractivity contribution in [2.24, 2.45) is 0 Å². The average Bonchev–Trinajstić information content (AvgIpc) is 2.61. The zero-order valence-corrected chi connectivity index (χ0v) is 15.3. The Labute approximate surface area is 155 Å². The molecule has 8 heteroatoms. The van der Waals surface area contributed by atoms with Gasteiger partial charge in [0.2, 0.25) is 0 Å². The maximum absolute atomic E-state index is 13.3. The molecule has 26 heavy (non-hydrogen) atoms. The van der Waals surface area contributed by atoms with Gasteiger partial charge < -0.3 is 5.32 Å². The van der Waals surface area contributed by atoms with Crippen LogP contribution in [0.25, 0.3) is 11.1 Å². The summed E-state index contributed by atoms with van der Waals surface area (Å²) in [6, 6.07) is 9.05. The van der Waals surface area contributed by atoms with Gasteiger partial charge in [0.1, 0.15) is 0 Å². The summed E-state index contributed by atoms with van der Waals surface area (Å²) >= 11 is 6.00. The summed E-state index contributed by atoms with van der Waals surface area (Å²) < 4.78 is 65.2. The Balaban J connectivity index is 1.99. The standard InChI is InChI=1S/C18H17ClF3NO2S/c19-16-3-1-2-15(18(20,21)22)17(16)12-4-6-13(7-5-12)26(24,25)14-8-10-23-11-9-14/h1-7,14,23H,8-11H2. The second-order valence-electron chi connectivity index (χ2n) is 6.18. The second-order valence-corrected chi connectivity index (χ2v) is 8.81. The Morgan fingerprint density at radius 3 is 2.19 bits per heavy atom. The van der Waals surface area contributed by atoms with E-state index in [0.29, 0.717) is 25.9 Å². The van der Waals surface area contributed by atoms with Crippen LogP contribution in [0.3, 0.4) is 0 Å². The first-order valence-electron chi connectivity index (χ1n) is 8.12. The molecule has 3 rings (SSSR count). The van der Waals surface area contributed by atoms with E-state index in [1.54, 1.807) is 0 Å². The Morgan fingerprint density at radius 1 is 1.00 bits per heavy atom. The van der Waals surface area contributed by atoms with E-state index in [1.807, 2.05) is 0 Å². The minimum absolute atomic E-state index is 0.0335. The molecule has 1 heterocycles. The number of halogens is 4. The van der Waals surface area contributed by atoms with Crippen molar-refractivity contribution in [3.05, 3.63) is 53.1 Å². The van der Waals surface area contributed by atoms with Gasteiger partial charge >= 0.3 is 6.18 Å². The molecule has 2 aromatic carbocycles. The van der Waals surface area contributed by atoms with Crippen molar-refractivity contribution < 1.29 is 21.6 Å². The molecule has 0 atom stereocenters. The summed E-state index contributed by atoms with van der Waals surface area (Å²) in [4.78, 5) is 0.119. The van der Waals surface area contributed by atoms with Crippen LogP contribution in [0.1, 0.15) is 18.4 Å². The lowest BCUT2D eigenvalue weighted by molar-refractivity contribution is -0.137. The number of hydrogen-bond acceptors (Lipinski definition) is 3. The van der Waals surface area contributed by atoms with Crippen molar-refractivity contribution in [2.75, 3.05) is 13.1 Å². The molecule has 1 saturated heterocycles. The Morgan fingerprint density at radius 2 is 1.62 bits per heavy atom. The van der Waals surface area contributed by atoms with Crippen molar-refractivity contribution in [3.8, 4) is 11.1 Å². The first-order chi connectivity index (χ1) is 12.2. The summed E-state index contributed by atoms with van der Waals surface area (Å²) in [5.41, 5.74) is -0.765. The van der Waals surface area contributed by atoms with E-state index in [1.165, 1.54) is 36.4 Å². The van der Waals surface area contributed by atoms with Crippen LogP contribution in [0, 0.1) is 0 Å². The van der Waals surface area contributed by atoms with Crippen molar-refractivity contribution in [1.82, 2.24) is 5.32 Å². The van der Waals surface area contributed by atoms with E-state index in [9.17, 15) is 21.6 Å². The molecule has 0 bridgehead atoms.